The van der Waals surface area contributed by atoms with Crippen LogP contribution in [0.25, 0.3) is 0 Å². The fraction of sp³-hybridized carbons (Fsp3) is 0.364. The van der Waals surface area contributed by atoms with E-state index in [1.54, 1.807) is 18.2 Å². The molecule has 1 aliphatic rings. The Hall–Kier alpha value is -1.46. The van der Waals surface area contributed by atoms with Gasteiger partial charge in [0, 0.05) is 0 Å². The highest BCUT2D eigenvalue weighted by Gasteiger charge is 2.58. The zero-order valence-electron chi connectivity index (χ0n) is 9.04. The second-order valence-electron chi connectivity index (χ2n) is 4.38. The Kier molecular flexibility index (Phi) is 2.89. The molecule has 1 aromatic rings. The smallest absolute Gasteiger partial charge is 0.465 e. The topological polar surface area (TPSA) is 26.3 Å². The van der Waals surface area contributed by atoms with Crippen LogP contribution in [0.4, 0.5) is 12.9 Å². The van der Waals surface area contributed by atoms with E-state index in [1.807, 2.05) is 0 Å². The number of ether oxygens (including phenoxy) is 1. The first kappa shape index (κ1) is 12.0. The predicted molar refractivity (Wildman–Crippen MR) is 57.7 cm³/mol. The molecule has 0 aliphatic heterocycles. The van der Waals surface area contributed by atoms with Crippen LogP contribution in [0.2, 0.25) is 5.31 Å². The molecule has 0 spiro atoms. The van der Waals surface area contributed by atoms with Crippen LogP contribution in [0.3, 0.4) is 0 Å². The maximum Gasteiger partial charge on any atom is 0.487 e. The van der Waals surface area contributed by atoms with Crippen LogP contribution >= 0.6 is 0 Å². The molecule has 0 amide bonds. The van der Waals surface area contributed by atoms with Gasteiger partial charge in [-0.15, -0.1) is 0 Å². The molecule has 0 radical (unpaired) electrons. The average Bonchev–Trinajstić information content (AvgIpc) is 3.07. The van der Waals surface area contributed by atoms with Gasteiger partial charge in [-0.05, 0) is 17.4 Å². The number of benzene rings is 1. The highest BCUT2D eigenvalue weighted by atomic mass is 19.4. The van der Waals surface area contributed by atoms with Gasteiger partial charge in [0.15, 0.2) is 0 Å². The Morgan fingerprint density at radius 3 is 2.29 bits per heavy atom. The van der Waals surface area contributed by atoms with Crippen molar-refractivity contribution in [1.82, 2.24) is 0 Å². The molecule has 17 heavy (non-hydrogen) atoms. The Balaban J connectivity index is 1.94. The van der Waals surface area contributed by atoms with Crippen LogP contribution in [-0.2, 0) is 4.74 Å². The lowest BCUT2D eigenvalue weighted by molar-refractivity contribution is 0.0479. The Labute approximate surface area is 96.8 Å². The highest BCUT2D eigenvalue weighted by Crippen LogP contribution is 2.62. The van der Waals surface area contributed by atoms with Crippen molar-refractivity contribution in [2.24, 2.45) is 0 Å². The van der Waals surface area contributed by atoms with Crippen molar-refractivity contribution in [3.8, 4) is 0 Å². The van der Waals surface area contributed by atoms with Crippen LogP contribution in [0, 0.1) is 0 Å². The van der Waals surface area contributed by atoms with E-state index in [9.17, 15) is 17.7 Å². The van der Waals surface area contributed by atoms with Crippen LogP contribution < -0.4 is 0 Å². The fourth-order valence-electron chi connectivity index (χ4n) is 1.59. The first-order valence-corrected chi connectivity index (χ1v) is 5.36. The largest absolute Gasteiger partial charge is 0.487 e. The standard InChI is InChI=1S/C11H11BF3O2/c13-12(14,15)11(6-7-11)8-17-10(16)9-4-2-1-3-5-9/h1-5H,6-8H2/q-1. The molecule has 0 N–H and O–H groups in total. The van der Waals surface area contributed by atoms with Crippen molar-refractivity contribution in [3.05, 3.63) is 35.9 Å². The quantitative estimate of drug-likeness (QED) is 0.599. The zero-order valence-corrected chi connectivity index (χ0v) is 9.04. The van der Waals surface area contributed by atoms with E-state index in [4.69, 9.17) is 4.74 Å². The van der Waals surface area contributed by atoms with Gasteiger partial charge in [0.1, 0.15) is 0 Å². The van der Waals surface area contributed by atoms with Crippen molar-refractivity contribution in [2.75, 3.05) is 6.61 Å². The minimum atomic E-state index is -4.93. The van der Waals surface area contributed by atoms with E-state index in [0.717, 1.165) is 0 Å². The summed E-state index contributed by atoms with van der Waals surface area (Å²) in [5, 5.41) is -1.73. The first-order chi connectivity index (χ1) is 7.95. The third kappa shape index (κ3) is 2.45. The Morgan fingerprint density at radius 2 is 1.82 bits per heavy atom. The number of carbonyl (C=O) groups excluding carboxylic acids is 1. The number of rotatable bonds is 4. The molecule has 1 fully saturated rings. The molecule has 0 atom stereocenters. The molecule has 2 nitrogen and oxygen atoms in total. The Morgan fingerprint density at radius 1 is 1.24 bits per heavy atom. The van der Waals surface area contributed by atoms with Crippen LogP contribution in [0.5, 0.6) is 0 Å². The van der Waals surface area contributed by atoms with Crippen LogP contribution in [0.1, 0.15) is 23.2 Å². The average molecular weight is 243 g/mol. The molecule has 0 unspecified atom stereocenters. The summed E-state index contributed by atoms with van der Waals surface area (Å²) in [6, 6.07) is 8.02. The molecular formula is C11H11BF3O2-. The predicted octanol–water partition coefficient (Wildman–Crippen LogP) is 3.23. The highest BCUT2D eigenvalue weighted by molar-refractivity contribution is 6.63. The summed E-state index contributed by atoms with van der Waals surface area (Å²) < 4.78 is 42.6. The van der Waals surface area contributed by atoms with Crippen molar-refractivity contribution in [1.29, 1.82) is 0 Å². The molecule has 0 heterocycles. The summed E-state index contributed by atoms with van der Waals surface area (Å²) in [4.78, 5) is 11.5. The van der Waals surface area contributed by atoms with Gasteiger partial charge in [-0.2, -0.15) is 0 Å². The van der Waals surface area contributed by atoms with Crippen molar-refractivity contribution in [2.45, 2.75) is 18.2 Å². The van der Waals surface area contributed by atoms with Gasteiger partial charge in [0.25, 0.3) is 0 Å². The van der Waals surface area contributed by atoms with Gasteiger partial charge in [-0.25, -0.2) is 4.79 Å². The summed E-state index contributed by atoms with van der Waals surface area (Å²) in [6.07, 6.45) is 0.136. The minimum Gasteiger partial charge on any atom is -0.465 e. The molecule has 1 aromatic carbocycles. The van der Waals surface area contributed by atoms with E-state index in [1.165, 1.54) is 12.1 Å². The van der Waals surface area contributed by atoms with Crippen LogP contribution in [0.15, 0.2) is 30.3 Å². The lowest BCUT2D eigenvalue weighted by atomic mass is 9.69. The van der Waals surface area contributed by atoms with Crippen molar-refractivity contribution >= 4 is 12.9 Å². The first-order valence-electron chi connectivity index (χ1n) is 5.36. The normalized spacial score (nSPS) is 17.6. The van der Waals surface area contributed by atoms with E-state index < -0.39 is 24.9 Å². The molecule has 0 bridgehead atoms. The van der Waals surface area contributed by atoms with Gasteiger partial charge >= 0.3 is 12.9 Å². The summed E-state index contributed by atoms with van der Waals surface area (Å²) in [7, 11) is 0. The molecule has 0 saturated heterocycles. The van der Waals surface area contributed by atoms with Crippen molar-refractivity contribution < 1.29 is 22.5 Å². The molecule has 0 aromatic heterocycles. The maximum atomic E-state index is 12.6. The number of hydrogen-bond donors (Lipinski definition) is 0. The number of halogens is 3. The number of carbonyl (C=O) groups is 1. The molecule has 1 aliphatic carbocycles. The molecule has 2 rings (SSSR count). The van der Waals surface area contributed by atoms with Gasteiger partial charge < -0.3 is 17.7 Å². The second kappa shape index (κ2) is 4.09. The SMILES string of the molecule is O=C(OCC1([B-](F)(F)F)CC1)c1ccccc1. The van der Waals surface area contributed by atoms with Crippen LogP contribution in [-0.4, -0.2) is 19.6 Å². The van der Waals surface area contributed by atoms with Gasteiger partial charge in [0.05, 0.1) is 12.2 Å². The zero-order chi connectivity index (χ0) is 12.5. The lowest BCUT2D eigenvalue weighted by Gasteiger charge is -2.25. The monoisotopic (exact) mass is 243 g/mol. The number of esters is 1. The van der Waals surface area contributed by atoms with E-state index in [-0.39, 0.29) is 18.4 Å². The fourth-order valence-corrected chi connectivity index (χ4v) is 1.59. The molecule has 1 saturated carbocycles. The lowest BCUT2D eigenvalue weighted by Crippen LogP contribution is -2.30. The summed E-state index contributed by atoms with van der Waals surface area (Å²) in [5.74, 6) is -0.697. The molecular weight excluding hydrogens is 232 g/mol. The van der Waals surface area contributed by atoms with E-state index >= 15 is 0 Å². The molecule has 6 heteroatoms. The van der Waals surface area contributed by atoms with Gasteiger partial charge in [-0.1, -0.05) is 31.0 Å². The summed E-state index contributed by atoms with van der Waals surface area (Å²) in [5.41, 5.74) is 0.276. The minimum absolute atomic E-state index is 0.0680. The molecule has 92 valence electrons. The summed E-state index contributed by atoms with van der Waals surface area (Å²) in [6.45, 7) is -5.48. The second-order valence-corrected chi connectivity index (χ2v) is 4.38. The van der Waals surface area contributed by atoms with Gasteiger partial charge in [0.2, 0.25) is 0 Å². The Bertz CT molecular complexity index is 412. The maximum absolute atomic E-state index is 12.6. The van der Waals surface area contributed by atoms with E-state index in [0.29, 0.717) is 0 Å². The third-order valence-corrected chi connectivity index (χ3v) is 3.09. The van der Waals surface area contributed by atoms with E-state index in [2.05, 4.69) is 0 Å². The summed E-state index contributed by atoms with van der Waals surface area (Å²) >= 11 is 0. The van der Waals surface area contributed by atoms with Gasteiger partial charge in [-0.3, -0.25) is 0 Å². The third-order valence-electron chi connectivity index (χ3n) is 3.09. The van der Waals surface area contributed by atoms with Crippen molar-refractivity contribution in [3.63, 3.8) is 0 Å². The number of hydrogen-bond acceptors (Lipinski definition) is 2.